The van der Waals surface area contributed by atoms with E-state index in [1.54, 1.807) is 0 Å². The summed E-state index contributed by atoms with van der Waals surface area (Å²) >= 11 is 10.7. The second kappa shape index (κ2) is 6.22. The van der Waals surface area contributed by atoms with E-state index in [2.05, 4.69) is 6.92 Å². The third-order valence-electron chi connectivity index (χ3n) is 0.401. The van der Waals surface area contributed by atoms with Gasteiger partial charge in [0, 0.05) is 0 Å². The van der Waals surface area contributed by atoms with E-state index >= 15 is 0 Å². The molecular weight excluding hydrogens is 180 g/mol. The van der Waals surface area contributed by atoms with Crippen LogP contribution in [0.5, 0.6) is 0 Å². The summed E-state index contributed by atoms with van der Waals surface area (Å²) in [4.78, 5) is 0. The van der Waals surface area contributed by atoms with E-state index in [1.807, 2.05) is 0 Å². The second-order valence-electron chi connectivity index (χ2n) is 1.12. The van der Waals surface area contributed by atoms with Gasteiger partial charge in [-0.3, -0.25) is 0 Å². The van der Waals surface area contributed by atoms with Crippen LogP contribution in [0.15, 0.2) is 0 Å². The average molecular weight is 188 g/mol. The van der Waals surface area contributed by atoms with Crippen molar-refractivity contribution in [2.24, 2.45) is 0 Å². The predicted octanol–water partition coefficient (Wildman–Crippen LogP) is 1.25. The van der Waals surface area contributed by atoms with E-state index in [1.165, 1.54) is 11.1 Å². The molecule has 0 aromatic heterocycles. The summed E-state index contributed by atoms with van der Waals surface area (Å²) in [5.74, 6) is 0. The third-order valence-corrected chi connectivity index (χ3v) is 2.57. The molecule has 0 atom stereocenters. The van der Waals surface area contributed by atoms with Gasteiger partial charge >= 0.3 is 0 Å². The zero-order valence-corrected chi connectivity index (χ0v) is 7.84. The van der Waals surface area contributed by atoms with Crippen molar-refractivity contribution in [2.45, 2.75) is 13.3 Å². The Morgan fingerprint density at radius 2 is 2.25 bits per heavy atom. The minimum Gasteiger partial charge on any atom is -0.305 e. The largest absolute Gasteiger partial charge is 0.305 e. The maximum Gasteiger partial charge on any atom is 0.0673 e. The number of hydrogen-bond donors (Lipinski definition) is 1. The second-order valence-corrected chi connectivity index (χ2v) is 7.77. The maximum atomic E-state index is 4.98. The molecule has 0 fully saturated rings. The Balaban J connectivity index is 2.94. The summed E-state index contributed by atoms with van der Waals surface area (Å²) in [7, 11) is -0.751. The molecular formula is C3H8OS4. The van der Waals surface area contributed by atoms with Crippen molar-refractivity contribution in [1.82, 2.24) is 0 Å². The van der Waals surface area contributed by atoms with Crippen LogP contribution in [-0.4, -0.2) is 6.61 Å². The van der Waals surface area contributed by atoms with Crippen LogP contribution in [0, 0.1) is 0 Å². The lowest BCUT2D eigenvalue weighted by Crippen LogP contribution is -1.80. The molecule has 0 saturated carbocycles. The van der Waals surface area contributed by atoms with Gasteiger partial charge < -0.3 is 4.18 Å². The fraction of sp³-hybridized carbons (Fsp3) is 1.00. The first kappa shape index (κ1) is 9.10. The molecule has 0 aliphatic heterocycles. The number of hydrogen-bond acceptors (Lipinski definition) is 4. The minimum atomic E-state index is -0.751. The highest BCUT2D eigenvalue weighted by atomic mass is 33.5. The van der Waals surface area contributed by atoms with Crippen LogP contribution in [0.3, 0.4) is 0 Å². The molecule has 0 spiro atoms. The van der Waals surface area contributed by atoms with Gasteiger partial charge in [0.2, 0.25) is 0 Å². The highest BCUT2D eigenvalue weighted by Crippen LogP contribution is 2.02. The van der Waals surface area contributed by atoms with Crippen molar-refractivity contribution < 1.29 is 4.18 Å². The molecule has 0 heterocycles. The minimum absolute atomic E-state index is 0.751. The van der Waals surface area contributed by atoms with Gasteiger partial charge in [0.25, 0.3) is 0 Å². The standard InChI is InChI=1S/C3H8OS4/c1-2-3-4-7-8(5)6/h8H,2-3H2,1H3. The fourth-order valence-corrected chi connectivity index (χ4v) is 1.75. The van der Waals surface area contributed by atoms with Crippen molar-refractivity contribution in [2.75, 3.05) is 6.61 Å². The molecule has 0 unspecified atom stereocenters. The van der Waals surface area contributed by atoms with Crippen LogP contribution in [0.1, 0.15) is 13.3 Å². The Morgan fingerprint density at radius 3 is 2.62 bits per heavy atom. The van der Waals surface area contributed by atoms with E-state index in [0.717, 1.165) is 13.0 Å². The monoisotopic (exact) mass is 188 g/mol. The fourth-order valence-electron chi connectivity index (χ4n) is 0.164. The molecule has 0 bridgehead atoms. The Morgan fingerprint density at radius 1 is 1.62 bits per heavy atom. The summed E-state index contributed by atoms with van der Waals surface area (Å²) in [5.41, 5.74) is 0. The van der Waals surface area contributed by atoms with Gasteiger partial charge in [-0.05, 0) is 35.8 Å². The van der Waals surface area contributed by atoms with E-state index in [9.17, 15) is 0 Å². The van der Waals surface area contributed by atoms with Crippen LogP contribution in [-0.2, 0) is 33.6 Å². The summed E-state index contributed by atoms with van der Waals surface area (Å²) in [6.07, 6.45) is 1.03. The molecule has 50 valence electrons. The predicted molar refractivity (Wildman–Crippen MR) is 47.3 cm³/mol. The number of rotatable bonds is 4. The Hall–Kier alpha value is 1.10. The first-order chi connectivity index (χ1) is 3.77. The van der Waals surface area contributed by atoms with Crippen molar-refractivity contribution in [3.63, 3.8) is 0 Å². The van der Waals surface area contributed by atoms with Crippen LogP contribution in [0.4, 0.5) is 0 Å². The van der Waals surface area contributed by atoms with Crippen molar-refractivity contribution in [1.29, 1.82) is 0 Å². The summed E-state index contributed by atoms with van der Waals surface area (Å²) in [6.45, 7) is 2.81. The van der Waals surface area contributed by atoms with E-state index in [4.69, 9.17) is 26.6 Å². The molecule has 0 saturated heterocycles. The van der Waals surface area contributed by atoms with E-state index < -0.39 is 7.05 Å². The smallest absolute Gasteiger partial charge is 0.0673 e. The lowest BCUT2D eigenvalue weighted by Gasteiger charge is -1.92. The highest BCUT2D eigenvalue weighted by Gasteiger charge is 1.80. The first-order valence-electron chi connectivity index (χ1n) is 2.21. The van der Waals surface area contributed by atoms with Crippen LogP contribution < -0.4 is 0 Å². The summed E-state index contributed by atoms with van der Waals surface area (Å²) in [6, 6.07) is 0. The van der Waals surface area contributed by atoms with Crippen LogP contribution in [0.25, 0.3) is 0 Å². The van der Waals surface area contributed by atoms with Gasteiger partial charge in [0.15, 0.2) is 0 Å². The van der Waals surface area contributed by atoms with Gasteiger partial charge in [0.05, 0.1) is 17.7 Å². The SMILES string of the molecule is CCCOS[SH](=S)=S. The van der Waals surface area contributed by atoms with Gasteiger partial charge in [-0.15, -0.1) is 0 Å². The molecule has 0 aliphatic rings. The van der Waals surface area contributed by atoms with Gasteiger partial charge in [-0.1, -0.05) is 6.92 Å². The van der Waals surface area contributed by atoms with Gasteiger partial charge in [0.1, 0.15) is 0 Å². The van der Waals surface area contributed by atoms with E-state index in [0.29, 0.717) is 0 Å². The molecule has 1 nitrogen and oxygen atoms in total. The normalized spacial score (nSPS) is 10.2. The van der Waals surface area contributed by atoms with Gasteiger partial charge in [-0.2, -0.15) is 0 Å². The summed E-state index contributed by atoms with van der Waals surface area (Å²) < 4.78 is 4.98. The maximum absolute atomic E-state index is 4.98. The van der Waals surface area contributed by atoms with Crippen molar-refractivity contribution in [3.05, 3.63) is 0 Å². The topological polar surface area (TPSA) is 9.23 Å². The zero-order chi connectivity index (χ0) is 6.41. The Kier molecular flexibility index (Phi) is 7.08. The molecule has 0 aromatic rings. The van der Waals surface area contributed by atoms with Crippen LogP contribution >= 0.6 is 11.1 Å². The zero-order valence-electron chi connectivity index (χ0n) is 4.49. The quantitative estimate of drug-likeness (QED) is 0.307. The Bertz CT molecular complexity index is 99.9. The lowest BCUT2D eigenvalue weighted by atomic mass is 10.5. The Labute approximate surface area is 64.6 Å². The molecule has 0 aromatic carbocycles. The van der Waals surface area contributed by atoms with Crippen molar-refractivity contribution in [3.8, 4) is 0 Å². The molecule has 0 N–H and O–H groups in total. The summed E-state index contributed by atoms with van der Waals surface area (Å²) in [5, 5.41) is 0. The molecule has 0 radical (unpaired) electrons. The third kappa shape index (κ3) is 7.10. The number of thiol groups is 1. The van der Waals surface area contributed by atoms with E-state index in [-0.39, 0.29) is 0 Å². The first-order valence-corrected chi connectivity index (χ1v) is 6.93. The average Bonchev–Trinajstić information content (AvgIpc) is 1.66. The molecule has 0 aliphatic carbocycles. The van der Waals surface area contributed by atoms with Crippen LogP contribution in [0.2, 0.25) is 0 Å². The molecule has 8 heavy (non-hydrogen) atoms. The van der Waals surface area contributed by atoms with Crippen molar-refractivity contribution >= 4 is 40.5 Å². The highest BCUT2D eigenvalue weighted by molar-refractivity contribution is 8.89. The molecule has 0 rings (SSSR count). The molecule has 5 heteroatoms. The lowest BCUT2D eigenvalue weighted by molar-refractivity contribution is 0.379. The molecule has 0 amide bonds. The van der Waals surface area contributed by atoms with Gasteiger partial charge in [-0.25, -0.2) is 0 Å².